The summed E-state index contributed by atoms with van der Waals surface area (Å²) in [6.45, 7) is 11.3. The van der Waals surface area contributed by atoms with E-state index in [0.717, 1.165) is 121 Å². The number of nitrogens with zero attached hydrogens (tertiary/aromatic N) is 9. The molecule has 9 aromatic heterocycles. The molecule has 698 valence electrons. The first-order chi connectivity index (χ1) is 65.5. The second-order valence-electron chi connectivity index (χ2n) is 34.4. The maximum atomic E-state index is 13.1. The average Bonchev–Trinajstić information content (AvgIpc) is 1.89. The second-order valence-corrected chi connectivity index (χ2v) is 36.5. The average molecular weight is 1870 g/mol. The molecule has 135 heavy (non-hydrogen) atoms. The molecule has 6 aromatic carbocycles. The van der Waals surface area contributed by atoms with E-state index in [9.17, 15) is 43.0 Å². The van der Waals surface area contributed by atoms with Gasteiger partial charge >= 0.3 is 0 Å². The zero-order valence-electron chi connectivity index (χ0n) is 74.4. The van der Waals surface area contributed by atoms with E-state index in [-0.39, 0.29) is 111 Å². The number of aliphatic hydroxyl groups excluding tert-OH is 2. The molecule has 0 unspecified atom stereocenters. The molecule has 0 radical (unpaired) electrons. The highest BCUT2D eigenvalue weighted by atomic mass is 32.1. The Bertz CT molecular complexity index is 5850. The van der Waals surface area contributed by atoms with Crippen molar-refractivity contribution >= 4 is 52.2 Å². The van der Waals surface area contributed by atoms with Crippen molar-refractivity contribution < 1.29 is 88.6 Å². The molecule has 5 amide bonds. The zero-order chi connectivity index (χ0) is 93.9. The van der Waals surface area contributed by atoms with Crippen LogP contribution in [0.2, 0.25) is 0 Å². The van der Waals surface area contributed by atoms with Crippen molar-refractivity contribution in [1.82, 2.24) is 72.8 Å². The van der Waals surface area contributed by atoms with Crippen LogP contribution in [0.25, 0.3) is 54.9 Å². The number of thiophene rings is 2. The van der Waals surface area contributed by atoms with E-state index in [1.54, 1.807) is 44.2 Å². The van der Waals surface area contributed by atoms with Crippen LogP contribution in [0.4, 0.5) is 8.78 Å². The van der Waals surface area contributed by atoms with E-state index in [2.05, 4.69) is 93.5 Å². The number of amides is 5. The molecular weight excluding hydrogens is 1770 g/mol. The maximum absolute atomic E-state index is 13.1. The van der Waals surface area contributed by atoms with Crippen LogP contribution in [0, 0.1) is 60.6 Å². The fourth-order valence-corrected chi connectivity index (χ4v) is 17.0. The SMILES string of the molecule is C[C@@H](O)c1nnc(CC2CC(NC(=O)c3cc(-c4ccc(F)s4)no3)C2)o1.C[C@@H](O)c1nnc(CC2CC(NC(=O)c3cc(-c4ccc(F)s4)no3)C2)o1.Cc1ccc(OCC2CC(NC(=O)c3cc(-c4ccccc4)no3)C2)cc1.Cc1ccc(OCC2CC(NC(=O)c3cc(-c4ccccc4)no3)C2)cc1.Cc1ccc(OCC2CC(NC(=O)c3cc(-c4ccccc4)no3)C2)cc1. The number of ether oxygens (including phenoxy) is 3. The number of aromatic nitrogens is 9. The Morgan fingerprint density at radius 1 is 0.348 bits per heavy atom. The molecule has 5 aliphatic rings. The summed E-state index contributed by atoms with van der Waals surface area (Å²) in [5, 5.41) is 67.9. The third-order valence-corrected chi connectivity index (χ3v) is 25.3. The third-order valence-electron chi connectivity index (χ3n) is 23.5. The highest BCUT2D eigenvalue weighted by Crippen LogP contribution is 2.37. The lowest BCUT2D eigenvalue weighted by Gasteiger charge is -2.35. The predicted molar refractivity (Wildman–Crippen MR) is 493 cm³/mol. The second kappa shape index (κ2) is 44.4. The van der Waals surface area contributed by atoms with Crippen molar-refractivity contribution in [2.75, 3.05) is 19.8 Å². The minimum absolute atomic E-state index is 0.0365. The molecular formula is C100H100F2N14O17S2. The topological polar surface area (TPSA) is 422 Å². The van der Waals surface area contributed by atoms with Crippen LogP contribution in [-0.4, -0.2) is 136 Å². The summed E-state index contributed by atoms with van der Waals surface area (Å²) in [6, 6.07) is 67.7. The van der Waals surface area contributed by atoms with Gasteiger partial charge in [-0.05, 0) is 189 Å². The van der Waals surface area contributed by atoms with Crippen molar-refractivity contribution in [2.24, 2.45) is 29.6 Å². The lowest BCUT2D eigenvalue weighted by Crippen LogP contribution is -2.45. The van der Waals surface area contributed by atoms with Gasteiger partial charge in [0.25, 0.3) is 29.5 Å². The molecule has 35 heteroatoms. The first kappa shape index (κ1) is 93.8. The Labute approximate surface area is 782 Å². The van der Waals surface area contributed by atoms with Crippen molar-refractivity contribution in [2.45, 2.75) is 154 Å². The molecule has 9 heterocycles. The Kier molecular flexibility index (Phi) is 30.9. The molecule has 5 fully saturated rings. The van der Waals surface area contributed by atoms with Gasteiger partial charge in [-0.15, -0.1) is 43.1 Å². The molecule has 31 nitrogen and oxygen atoms in total. The summed E-state index contributed by atoms with van der Waals surface area (Å²) in [5.41, 5.74) is 9.31. The van der Waals surface area contributed by atoms with Crippen LogP contribution in [-0.2, 0) is 12.8 Å². The third kappa shape index (κ3) is 26.1. The minimum atomic E-state index is -0.780. The molecule has 5 saturated carbocycles. The summed E-state index contributed by atoms with van der Waals surface area (Å²) < 4.78 is 80.1. The van der Waals surface area contributed by atoms with E-state index in [0.29, 0.717) is 112 Å². The largest absolute Gasteiger partial charge is 0.493 e. The van der Waals surface area contributed by atoms with E-state index in [1.165, 1.54) is 41.0 Å². The summed E-state index contributed by atoms with van der Waals surface area (Å²) >= 11 is 1.89. The normalized spacial score (nSPS) is 19.2. The van der Waals surface area contributed by atoms with Crippen LogP contribution < -0.4 is 40.8 Å². The van der Waals surface area contributed by atoms with Gasteiger partial charge in [-0.2, -0.15) is 8.78 Å². The summed E-state index contributed by atoms with van der Waals surface area (Å²) in [4.78, 5) is 62.7. The fourth-order valence-electron chi connectivity index (χ4n) is 15.6. The number of carbonyl (C=O) groups is 5. The summed E-state index contributed by atoms with van der Waals surface area (Å²) in [5.74, 6) is 5.72. The monoisotopic (exact) mass is 1870 g/mol. The van der Waals surface area contributed by atoms with Gasteiger partial charge in [-0.3, -0.25) is 24.0 Å². The molecule has 15 aromatic rings. The molecule has 0 bridgehead atoms. The van der Waals surface area contributed by atoms with E-state index < -0.39 is 12.2 Å². The molecule has 0 spiro atoms. The van der Waals surface area contributed by atoms with E-state index in [1.807, 2.05) is 164 Å². The Morgan fingerprint density at radius 3 is 0.844 bits per heavy atom. The van der Waals surface area contributed by atoms with Crippen LogP contribution in [0.1, 0.15) is 183 Å². The van der Waals surface area contributed by atoms with Crippen molar-refractivity contribution in [3.8, 4) is 72.2 Å². The standard InChI is InChI=1S/3C22H22N2O3.2C17H17FN4O4S/c3*1-15-7-9-19(10-8-15)26-14-16-11-18(12-16)23-22(25)21-13-20(24-27-21)17-5-3-2-4-6-17;2*1-8(23)17-21-20-15(25-17)6-9-4-10(5-9)19-16(24)12-7-11(22-26-12)13-2-3-14(18)27-13/h3*2-10,13,16,18H,11-12,14H2,1H3,(H,23,25);2*2-3,7-10,23H,4-6H2,1H3,(H,19,24)/t;;;2*8-,9?,10?/m...11/s1. The molecule has 0 aliphatic heterocycles. The number of aliphatic hydroxyl groups is 2. The molecule has 7 N–H and O–H groups in total. The summed E-state index contributed by atoms with van der Waals surface area (Å²) in [7, 11) is 0. The number of benzene rings is 6. The Balaban J connectivity index is 0.000000123. The zero-order valence-corrected chi connectivity index (χ0v) is 76.1. The van der Waals surface area contributed by atoms with Gasteiger partial charge < -0.3 is 82.5 Å². The van der Waals surface area contributed by atoms with Crippen molar-refractivity contribution in [3.63, 3.8) is 0 Å². The van der Waals surface area contributed by atoms with Crippen LogP contribution in [0.3, 0.4) is 0 Å². The highest BCUT2D eigenvalue weighted by Gasteiger charge is 2.38. The van der Waals surface area contributed by atoms with Gasteiger partial charge in [0.15, 0.2) is 10.3 Å². The van der Waals surface area contributed by atoms with Crippen molar-refractivity contribution in [3.05, 3.63) is 298 Å². The molecule has 20 rings (SSSR count). The number of rotatable bonds is 30. The van der Waals surface area contributed by atoms with Gasteiger partial charge in [-0.1, -0.05) is 170 Å². The lowest BCUT2D eigenvalue weighted by atomic mass is 9.78. The number of nitrogens with one attached hydrogen (secondary N) is 5. The number of hydrogen-bond donors (Lipinski definition) is 7. The minimum Gasteiger partial charge on any atom is -0.493 e. The van der Waals surface area contributed by atoms with Crippen LogP contribution in [0.15, 0.2) is 250 Å². The van der Waals surface area contributed by atoms with E-state index >= 15 is 0 Å². The Hall–Kier alpha value is -14.4. The van der Waals surface area contributed by atoms with Gasteiger partial charge in [0.2, 0.25) is 52.4 Å². The quantitative estimate of drug-likeness (QED) is 0.0220. The maximum Gasteiger partial charge on any atom is 0.290 e. The number of aryl methyl sites for hydroxylation is 3. The number of carbonyl (C=O) groups excluding carboxylic acids is 5. The first-order valence-corrected chi connectivity index (χ1v) is 46.2. The van der Waals surface area contributed by atoms with Gasteiger partial charge in [0.05, 0.1) is 29.6 Å². The molecule has 2 atom stereocenters. The Morgan fingerprint density at radius 2 is 0.600 bits per heavy atom. The van der Waals surface area contributed by atoms with Crippen LogP contribution >= 0.6 is 22.7 Å². The molecule has 5 aliphatic carbocycles. The predicted octanol–water partition coefficient (Wildman–Crippen LogP) is 18.2. The smallest absolute Gasteiger partial charge is 0.290 e. The van der Waals surface area contributed by atoms with Crippen molar-refractivity contribution in [1.29, 1.82) is 0 Å². The number of hydrogen-bond acceptors (Lipinski definition) is 28. The first-order valence-electron chi connectivity index (χ1n) is 44.6. The van der Waals surface area contributed by atoms with Gasteiger partial charge in [0, 0.05) is 90.1 Å². The molecule has 0 saturated heterocycles. The fraction of sp³-hybridized carbons (Fsp3) is 0.320. The summed E-state index contributed by atoms with van der Waals surface area (Å²) in [6.07, 6.45) is 8.30. The van der Waals surface area contributed by atoms with Gasteiger partial charge in [0.1, 0.15) is 57.9 Å². The lowest BCUT2D eigenvalue weighted by molar-refractivity contribution is 0.0808. The van der Waals surface area contributed by atoms with Gasteiger partial charge in [-0.25, -0.2) is 0 Å². The van der Waals surface area contributed by atoms with Crippen LogP contribution in [0.5, 0.6) is 17.2 Å². The highest BCUT2D eigenvalue weighted by molar-refractivity contribution is 7.14. The number of halogens is 2. The van der Waals surface area contributed by atoms with E-state index in [4.69, 9.17) is 45.7 Å².